The van der Waals surface area contributed by atoms with E-state index in [1.807, 2.05) is 13.8 Å². The molecule has 1 heterocycles. The molecule has 0 radical (unpaired) electrons. The van der Waals surface area contributed by atoms with Gasteiger partial charge < -0.3 is 25.2 Å². The smallest absolute Gasteiger partial charge is 0.191 e. The zero-order valence-electron chi connectivity index (χ0n) is 16.0. The summed E-state index contributed by atoms with van der Waals surface area (Å²) in [5, 5.41) is 15.8. The van der Waals surface area contributed by atoms with Crippen molar-refractivity contribution in [2.24, 2.45) is 10.4 Å². The molecule has 1 aromatic rings. The molecular formula is C19H31FIN3O3. The van der Waals surface area contributed by atoms with Gasteiger partial charge in [-0.15, -0.1) is 24.0 Å². The second-order valence-electron chi connectivity index (χ2n) is 6.71. The summed E-state index contributed by atoms with van der Waals surface area (Å²) >= 11 is 0. The lowest BCUT2D eigenvalue weighted by molar-refractivity contribution is 0.131. The van der Waals surface area contributed by atoms with Gasteiger partial charge in [0.15, 0.2) is 17.5 Å². The molecule has 1 fully saturated rings. The molecule has 2 rings (SSSR count). The Morgan fingerprint density at radius 1 is 1.41 bits per heavy atom. The Morgan fingerprint density at radius 2 is 2.19 bits per heavy atom. The van der Waals surface area contributed by atoms with E-state index in [4.69, 9.17) is 9.47 Å². The quantitative estimate of drug-likeness (QED) is 0.279. The Balaban J connectivity index is 0.00000364. The molecule has 154 valence electrons. The van der Waals surface area contributed by atoms with E-state index in [1.165, 1.54) is 6.07 Å². The summed E-state index contributed by atoms with van der Waals surface area (Å²) in [6.45, 7) is 7.17. The lowest BCUT2D eigenvalue weighted by atomic mass is 9.84. The molecule has 0 aliphatic carbocycles. The van der Waals surface area contributed by atoms with Crippen molar-refractivity contribution >= 4 is 29.9 Å². The third-order valence-corrected chi connectivity index (χ3v) is 4.47. The van der Waals surface area contributed by atoms with Gasteiger partial charge in [0.1, 0.15) is 6.10 Å². The Bertz CT molecular complexity index is 583. The van der Waals surface area contributed by atoms with Crippen LogP contribution in [0.4, 0.5) is 4.39 Å². The van der Waals surface area contributed by atoms with E-state index in [2.05, 4.69) is 15.6 Å². The number of nitrogens with one attached hydrogen (secondary N) is 2. The highest BCUT2D eigenvalue weighted by Gasteiger charge is 2.34. The first-order chi connectivity index (χ1) is 12.6. The van der Waals surface area contributed by atoms with Crippen LogP contribution in [0, 0.1) is 11.2 Å². The van der Waals surface area contributed by atoms with E-state index in [0.717, 1.165) is 13.0 Å². The standard InChI is InChI=1S/C19H30FN3O3.HI/c1-3-21-18(23-13-19(8-10-24)9-11-25-14-19)22-12-15(2)26-17-7-5-4-6-16(17)20;/h4-7,15,24H,3,8-14H2,1-2H3,(H2,21,22,23);1H. The summed E-state index contributed by atoms with van der Waals surface area (Å²) < 4.78 is 24.8. The van der Waals surface area contributed by atoms with Crippen LogP contribution in [0.2, 0.25) is 0 Å². The summed E-state index contributed by atoms with van der Waals surface area (Å²) in [5.41, 5.74) is -0.0909. The number of aliphatic hydroxyl groups excluding tert-OH is 1. The number of hydrogen-bond acceptors (Lipinski definition) is 4. The first-order valence-electron chi connectivity index (χ1n) is 9.20. The van der Waals surface area contributed by atoms with Crippen molar-refractivity contribution in [3.05, 3.63) is 30.1 Å². The minimum Gasteiger partial charge on any atom is -0.486 e. The molecule has 1 aliphatic rings. The number of aliphatic hydroxyl groups is 1. The van der Waals surface area contributed by atoms with E-state index in [1.54, 1.807) is 18.2 Å². The molecule has 0 amide bonds. The monoisotopic (exact) mass is 495 g/mol. The molecule has 1 aliphatic heterocycles. The fraction of sp³-hybridized carbons (Fsp3) is 0.632. The van der Waals surface area contributed by atoms with Crippen molar-refractivity contribution in [3.8, 4) is 5.75 Å². The Labute approximate surface area is 177 Å². The zero-order valence-corrected chi connectivity index (χ0v) is 18.4. The maximum Gasteiger partial charge on any atom is 0.191 e. The zero-order chi connectivity index (χ0) is 18.8. The van der Waals surface area contributed by atoms with Crippen LogP contribution in [-0.2, 0) is 4.74 Å². The van der Waals surface area contributed by atoms with Gasteiger partial charge in [0.05, 0.1) is 19.7 Å². The molecular weight excluding hydrogens is 464 g/mol. The number of nitrogens with zero attached hydrogens (tertiary/aromatic N) is 1. The van der Waals surface area contributed by atoms with E-state index in [9.17, 15) is 9.50 Å². The van der Waals surface area contributed by atoms with Gasteiger partial charge in [-0.25, -0.2) is 4.39 Å². The second kappa shape index (κ2) is 12.4. The highest BCUT2D eigenvalue weighted by atomic mass is 127. The number of guanidine groups is 1. The van der Waals surface area contributed by atoms with Crippen LogP contribution in [0.25, 0.3) is 0 Å². The first-order valence-corrected chi connectivity index (χ1v) is 9.20. The number of aliphatic imine (C=N–C) groups is 1. The van der Waals surface area contributed by atoms with Crippen molar-refractivity contribution in [2.75, 3.05) is 39.5 Å². The highest BCUT2D eigenvalue weighted by molar-refractivity contribution is 14.0. The van der Waals surface area contributed by atoms with Crippen molar-refractivity contribution in [3.63, 3.8) is 0 Å². The third-order valence-electron chi connectivity index (χ3n) is 4.47. The Morgan fingerprint density at radius 3 is 2.81 bits per heavy atom. The fourth-order valence-electron chi connectivity index (χ4n) is 2.92. The number of hydrogen-bond donors (Lipinski definition) is 3. The van der Waals surface area contributed by atoms with Gasteiger partial charge in [-0.2, -0.15) is 0 Å². The first kappa shape index (κ1) is 23.9. The van der Waals surface area contributed by atoms with Crippen molar-refractivity contribution in [1.82, 2.24) is 10.6 Å². The van der Waals surface area contributed by atoms with Crippen LogP contribution in [-0.4, -0.2) is 56.6 Å². The molecule has 27 heavy (non-hydrogen) atoms. The van der Waals surface area contributed by atoms with Gasteiger partial charge in [0, 0.05) is 25.2 Å². The third kappa shape index (κ3) is 7.79. The minimum absolute atomic E-state index is 0. The van der Waals surface area contributed by atoms with Crippen LogP contribution in [0.3, 0.4) is 0 Å². The second-order valence-corrected chi connectivity index (χ2v) is 6.71. The minimum atomic E-state index is -0.368. The average Bonchev–Trinajstić information content (AvgIpc) is 3.08. The summed E-state index contributed by atoms with van der Waals surface area (Å²) in [7, 11) is 0. The summed E-state index contributed by atoms with van der Waals surface area (Å²) in [6.07, 6.45) is 1.36. The molecule has 0 spiro atoms. The van der Waals surface area contributed by atoms with E-state index < -0.39 is 0 Å². The number of rotatable bonds is 9. The summed E-state index contributed by atoms with van der Waals surface area (Å²) in [4.78, 5) is 4.66. The van der Waals surface area contributed by atoms with Crippen LogP contribution in [0.1, 0.15) is 26.7 Å². The normalized spacial score (nSPS) is 20.7. The topological polar surface area (TPSA) is 75.1 Å². The molecule has 1 saturated heterocycles. The van der Waals surface area contributed by atoms with Gasteiger partial charge in [-0.3, -0.25) is 4.99 Å². The maximum absolute atomic E-state index is 13.7. The largest absolute Gasteiger partial charge is 0.486 e. The van der Waals surface area contributed by atoms with Gasteiger partial charge >= 0.3 is 0 Å². The van der Waals surface area contributed by atoms with Crippen molar-refractivity contribution in [1.29, 1.82) is 0 Å². The molecule has 0 bridgehead atoms. The van der Waals surface area contributed by atoms with Crippen molar-refractivity contribution < 1.29 is 19.0 Å². The lowest BCUT2D eigenvalue weighted by Gasteiger charge is -2.25. The molecule has 2 unspecified atom stereocenters. The lowest BCUT2D eigenvalue weighted by Crippen LogP contribution is -2.42. The summed E-state index contributed by atoms with van der Waals surface area (Å²) in [6, 6.07) is 6.37. The maximum atomic E-state index is 13.7. The highest BCUT2D eigenvalue weighted by Crippen LogP contribution is 2.32. The van der Waals surface area contributed by atoms with Gasteiger partial charge in [0.25, 0.3) is 0 Å². The summed E-state index contributed by atoms with van der Waals surface area (Å²) in [5.74, 6) is 0.557. The molecule has 0 saturated carbocycles. The SMILES string of the molecule is CCNC(=NCC1(CCO)CCOC1)NCC(C)Oc1ccccc1F.I. The van der Waals surface area contributed by atoms with E-state index in [-0.39, 0.29) is 53.7 Å². The van der Waals surface area contributed by atoms with Crippen LogP contribution < -0.4 is 15.4 Å². The van der Waals surface area contributed by atoms with E-state index in [0.29, 0.717) is 38.7 Å². The van der Waals surface area contributed by atoms with Gasteiger partial charge in [-0.1, -0.05) is 12.1 Å². The Kier molecular flexibility index (Phi) is 10.9. The molecule has 2 atom stereocenters. The van der Waals surface area contributed by atoms with Crippen molar-refractivity contribution in [2.45, 2.75) is 32.8 Å². The Hall–Kier alpha value is -1.13. The average molecular weight is 495 g/mol. The number of para-hydroxylation sites is 1. The predicted octanol–water partition coefficient (Wildman–Crippen LogP) is 2.56. The molecule has 1 aromatic carbocycles. The molecule has 3 N–H and O–H groups in total. The molecule has 6 nitrogen and oxygen atoms in total. The number of ether oxygens (including phenoxy) is 2. The van der Waals surface area contributed by atoms with Crippen LogP contribution >= 0.6 is 24.0 Å². The number of benzene rings is 1. The molecule has 8 heteroatoms. The van der Waals surface area contributed by atoms with E-state index >= 15 is 0 Å². The molecule has 0 aromatic heterocycles. The van der Waals surface area contributed by atoms with Gasteiger partial charge in [-0.05, 0) is 38.8 Å². The fourth-order valence-corrected chi connectivity index (χ4v) is 2.92. The van der Waals surface area contributed by atoms with Crippen LogP contribution in [0.15, 0.2) is 29.3 Å². The van der Waals surface area contributed by atoms with Crippen LogP contribution in [0.5, 0.6) is 5.75 Å². The van der Waals surface area contributed by atoms with Gasteiger partial charge in [0.2, 0.25) is 0 Å². The predicted molar refractivity (Wildman–Crippen MR) is 115 cm³/mol. The number of halogens is 2.